The normalized spacial score (nSPS) is 16.1. The number of aromatic nitrogens is 4. The minimum atomic E-state index is -0.276. The van der Waals surface area contributed by atoms with E-state index in [2.05, 4.69) is 15.2 Å². The standard InChI is InChI=1S/C23H22FN5O3/c1-14-18(13-28(2)26-14)19-11-21(32-27-19)23(30)29-9-3-4-20(29)22-25-12-17(31-22)10-15-5-7-16(24)8-6-15/h5-8,11-13,20H,3-4,9-10H2,1-2H3. The molecule has 164 valence electrons. The van der Waals surface area contributed by atoms with Crippen molar-refractivity contribution in [3.8, 4) is 11.3 Å². The summed E-state index contributed by atoms with van der Waals surface area (Å²) >= 11 is 0. The van der Waals surface area contributed by atoms with E-state index < -0.39 is 0 Å². The second-order valence-electron chi connectivity index (χ2n) is 8.00. The van der Waals surface area contributed by atoms with Crippen molar-refractivity contribution < 1.29 is 18.1 Å². The molecule has 9 heteroatoms. The highest BCUT2D eigenvalue weighted by molar-refractivity contribution is 5.93. The molecule has 1 unspecified atom stereocenters. The van der Waals surface area contributed by atoms with Gasteiger partial charge in [-0.05, 0) is 37.5 Å². The van der Waals surface area contributed by atoms with Crippen LogP contribution in [0, 0.1) is 12.7 Å². The van der Waals surface area contributed by atoms with Crippen molar-refractivity contribution in [3.63, 3.8) is 0 Å². The highest BCUT2D eigenvalue weighted by Gasteiger charge is 2.35. The maximum absolute atomic E-state index is 13.2. The van der Waals surface area contributed by atoms with Crippen LogP contribution in [0.3, 0.4) is 0 Å². The number of hydrogen-bond acceptors (Lipinski definition) is 6. The van der Waals surface area contributed by atoms with Crippen molar-refractivity contribution in [2.75, 3.05) is 6.54 Å². The van der Waals surface area contributed by atoms with Gasteiger partial charge in [0.1, 0.15) is 23.3 Å². The number of benzene rings is 1. The van der Waals surface area contributed by atoms with Crippen LogP contribution >= 0.6 is 0 Å². The van der Waals surface area contributed by atoms with Gasteiger partial charge in [0.2, 0.25) is 11.7 Å². The van der Waals surface area contributed by atoms with Gasteiger partial charge in [0, 0.05) is 37.8 Å². The second kappa shape index (κ2) is 8.07. The third kappa shape index (κ3) is 3.81. The summed E-state index contributed by atoms with van der Waals surface area (Å²) in [6.45, 7) is 2.47. The number of nitrogens with zero attached hydrogens (tertiary/aromatic N) is 5. The van der Waals surface area contributed by atoms with E-state index in [1.807, 2.05) is 20.2 Å². The molecule has 5 rings (SSSR count). The molecule has 1 amide bonds. The largest absolute Gasteiger partial charge is 0.443 e. The molecule has 4 heterocycles. The van der Waals surface area contributed by atoms with E-state index in [-0.39, 0.29) is 23.5 Å². The Morgan fingerprint density at radius 1 is 1.28 bits per heavy atom. The lowest BCUT2D eigenvalue weighted by molar-refractivity contribution is 0.0672. The molecular weight excluding hydrogens is 413 g/mol. The smallest absolute Gasteiger partial charge is 0.293 e. The van der Waals surface area contributed by atoms with E-state index in [0.29, 0.717) is 30.3 Å². The molecule has 8 nitrogen and oxygen atoms in total. The quantitative estimate of drug-likeness (QED) is 0.469. The molecule has 1 saturated heterocycles. The fourth-order valence-corrected chi connectivity index (χ4v) is 4.12. The Bertz CT molecular complexity index is 1260. The Labute approximate surface area is 183 Å². The van der Waals surface area contributed by atoms with Crippen LogP contribution in [0.1, 0.15) is 52.3 Å². The number of rotatable bonds is 5. The molecular formula is C23H22FN5O3. The summed E-state index contributed by atoms with van der Waals surface area (Å²) in [5, 5.41) is 8.37. The fourth-order valence-electron chi connectivity index (χ4n) is 4.12. The monoisotopic (exact) mass is 435 g/mol. The summed E-state index contributed by atoms with van der Waals surface area (Å²) in [6, 6.07) is 7.66. The number of amides is 1. The first kappa shape index (κ1) is 20.2. The van der Waals surface area contributed by atoms with Gasteiger partial charge in [-0.3, -0.25) is 9.48 Å². The highest BCUT2D eigenvalue weighted by atomic mass is 19.1. The summed E-state index contributed by atoms with van der Waals surface area (Å²) < 4.78 is 26.2. The maximum Gasteiger partial charge on any atom is 0.293 e. The summed E-state index contributed by atoms with van der Waals surface area (Å²) in [7, 11) is 1.83. The van der Waals surface area contributed by atoms with Gasteiger partial charge < -0.3 is 13.8 Å². The van der Waals surface area contributed by atoms with Crippen molar-refractivity contribution in [1.82, 2.24) is 24.8 Å². The van der Waals surface area contributed by atoms with Gasteiger partial charge in [-0.15, -0.1) is 0 Å². The van der Waals surface area contributed by atoms with Crippen LogP contribution in [0.15, 0.2) is 51.7 Å². The van der Waals surface area contributed by atoms with Crippen LogP contribution in [0.25, 0.3) is 11.3 Å². The Morgan fingerprint density at radius 2 is 2.09 bits per heavy atom. The Balaban J connectivity index is 1.33. The van der Waals surface area contributed by atoms with Gasteiger partial charge in [0.25, 0.3) is 5.91 Å². The molecule has 1 aliphatic heterocycles. The maximum atomic E-state index is 13.2. The minimum absolute atomic E-state index is 0.174. The van der Waals surface area contributed by atoms with Gasteiger partial charge in [0.15, 0.2) is 0 Å². The van der Waals surface area contributed by atoms with E-state index in [4.69, 9.17) is 8.94 Å². The second-order valence-corrected chi connectivity index (χ2v) is 8.00. The van der Waals surface area contributed by atoms with Gasteiger partial charge in [-0.1, -0.05) is 17.3 Å². The number of carbonyl (C=O) groups is 1. The molecule has 1 atom stereocenters. The van der Waals surface area contributed by atoms with E-state index in [9.17, 15) is 9.18 Å². The molecule has 3 aromatic heterocycles. The Hall–Kier alpha value is -3.75. The number of hydrogen-bond donors (Lipinski definition) is 0. The molecule has 0 aliphatic carbocycles. The summed E-state index contributed by atoms with van der Waals surface area (Å²) in [5.74, 6) is 0.816. The molecule has 0 saturated carbocycles. The third-order valence-corrected chi connectivity index (χ3v) is 5.67. The first-order valence-corrected chi connectivity index (χ1v) is 10.5. The molecule has 32 heavy (non-hydrogen) atoms. The number of halogens is 1. The minimum Gasteiger partial charge on any atom is -0.443 e. The van der Waals surface area contributed by atoms with Crippen LogP contribution in [-0.2, 0) is 13.5 Å². The average Bonchev–Trinajstić information content (AvgIpc) is 3.55. The predicted octanol–water partition coefficient (Wildman–Crippen LogP) is 4.08. The van der Waals surface area contributed by atoms with Gasteiger partial charge in [-0.25, -0.2) is 9.37 Å². The highest BCUT2D eigenvalue weighted by Crippen LogP contribution is 2.34. The number of aryl methyl sites for hydroxylation is 2. The number of oxazole rings is 1. The third-order valence-electron chi connectivity index (χ3n) is 5.67. The van der Waals surface area contributed by atoms with Gasteiger partial charge in [0.05, 0.1) is 11.9 Å². The zero-order chi connectivity index (χ0) is 22.2. The summed E-state index contributed by atoms with van der Waals surface area (Å²) in [5.41, 5.74) is 3.14. The van der Waals surface area contributed by atoms with Crippen molar-refractivity contribution in [3.05, 3.63) is 77.2 Å². The number of carbonyl (C=O) groups excluding carboxylic acids is 1. The van der Waals surface area contributed by atoms with E-state index in [0.717, 1.165) is 29.7 Å². The van der Waals surface area contributed by atoms with E-state index in [1.54, 1.807) is 34.0 Å². The average molecular weight is 435 g/mol. The SMILES string of the molecule is Cc1nn(C)cc1-c1cc(C(=O)N2CCCC2c2ncc(Cc3ccc(F)cc3)o2)on1. The Morgan fingerprint density at radius 3 is 2.84 bits per heavy atom. The van der Waals surface area contributed by atoms with Gasteiger partial charge in [-0.2, -0.15) is 5.10 Å². The molecule has 4 aromatic rings. The molecule has 1 aromatic carbocycles. The van der Waals surface area contributed by atoms with Crippen molar-refractivity contribution in [1.29, 1.82) is 0 Å². The molecule has 1 aliphatic rings. The van der Waals surface area contributed by atoms with Crippen LogP contribution in [-0.4, -0.2) is 37.3 Å². The first-order valence-electron chi connectivity index (χ1n) is 10.5. The van der Waals surface area contributed by atoms with Crippen LogP contribution in [0.4, 0.5) is 4.39 Å². The van der Waals surface area contributed by atoms with Crippen molar-refractivity contribution >= 4 is 5.91 Å². The number of likely N-dealkylation sites (tertiary alicyclic amines) is 1. The van der Waals surface area contributed by atoms with Gasteiger partial charge >= 0.3 is 0 Å². The molecule has 1 fully saturated rings. The predicted molar refractivity (Wildman–Crippen MR) is 112 cm³/mol. The lowest BCUT2D eigenvalue weighted by Gasteiger charge is -2.20. The lowest BCUT2D eigenvalue weighted by atomic mass is 10.1. The van der Waals surface area contributed by atoms with Crippen LogP contribution in [0.2, 0.25) is 0 Å². The molecule has 0 spiro atoms. The van der Waals surface area contributed by atoms with E-state index in [1.165, 1.54) is 12.1 Å². The van der Waals surface area contributed by atoms with E-state index >= 15 is 0 Å². The molecule has 0 N–H and O–H groups in total. The zero-order valence-electron chi connectivity index (χ0n) is 17.8. The van der Waals surface area contributed by atoms with Crippen molar-refractivity contribution in [2.24, 2.45) is 7.05 Å². The van der Waals surface area contributed by atoms with Crippen LogP contribution < -0.4 is 0 Å². The first-order chi connectivity index (χ1) is 15.5. The topological polar surface area (TPSA) is 90.2 Å². The lowest BCUT2D eigenvalue weighted by Crippen LogP contribution is -2.30. The zero-order valence-corrected chi connectivity index (χ0v) is 17.8. The van der Waals surface area contributed by atoms with Crippen molar-refractivity contribution in [2.45, 2.75) is 32.2 Å². The van der Waals surface area contributed by atoms with Crippen LogP contribution in [0.5, 0.6) is 0 Å². The molecule has 0 radical (unpaired) electrons. The Kier molecular flexibility index (Phi) is 5.08. The summed E-state index contributed by atoms with van der Waals surface area (Å²) in [6.07, 6.45) is 5.61. The molecule has 0 bridgehead atoms. The summed E-state index contributed by atoms with van der Waals surface area (Å²) in [4.78, 5) is 19.3. The fraction of sp³-hybridized carbons (Fsp3) is 0.304.